The van der Waals surface area contributed by atoms with Crippen LogP contribution in [-0.4, -0.2) is 23.0 Å². The van der Waals surface area contributed by atoms with Gasteiger partial charge in [0.2, 0.25) is 0 Å². The number of hydrogen-bond acceptors (Lipinski definition) is 4. The van der Waals surface area contributed by atoms with E-state index in [0.29, 0.717) is 6.07 Å². The highest BCUT2D eigenvalue weighted by molar-refractivity contribution is 6.32. The Hall–Kier alpha value is -2.54. The lowest BCUT2D eigenvalue weighted by Crippen LogP contribution is -2.30. The number of halogens is 3. The van der Waals surface area contributed by atoms with Gasteiger partial charge in [-0.05, 0) is 31.2 Å². The van der Waals surface area contributed by atoms with Crippen molar-refractivity contribution in [3.63, 3.8) is 0 Å². The molecule has 0 aliphatic carbocycles. The molecule has 5 nitrogen and oxygen atoms in total. The molecule has 1 heterocycles. The zero-order valence-corrected chi connectivity index (χ0v) is 12.6. The number of carbonyl (C=O) groups is 2. The lowest BCUT2D eigenvalue weighted by molar-refractivity contribution is -0.123. The minimum absolute atomic E-state index is 0.0755. The SMILES string of the molecule is C[C@@H](OC(=O)c1cc(F)cc(F)c1)C(=O)Nc1cccnc1Cl. The van der Waals surface area contributed by atoms with E-state index in [9.17, 15) is 18.4 Å². The van der Waals surface area contributed by atoms with Crippen molar-refractivity contribution in [2.45, 2.75) is 13.0 Å². The van der Waals surface area contributed by atoms with Crippen LogP contribution in [0.25, 0.3) is 0 Å². The van der Waals surface area contributed by atoms with Crippen molar-refractivity contribution in [2.75, 3.05) is 5.32 Å². The molecule has 2 aromatic rings. The number of benzene rings is 1. The number of rotatable bonds is 4. The molecule has 0 radical (unpaired) electrons. The molecule has 0 aliphatic heterocycles. The summed E-state index contributed by atoms with van der Waals surface area (Å²) in [5.41, 5.74) is -0.0829. The van der Waals surface area contributed by atoms with Gasteiger partial charge in [0.1, 0.15) is 11.6 Å². The number of aromatic nitrogens is 1. The fraction of sp³-hybridized carbons (Fsp3) is 0.133. The number of esters is 1. The fourth-order valence-corrected chi connectivity index (χ4v) is 1.83. The highest BCUT2D eigenvalue weighted by Gasteiger charge is 2.20. The van der Waals surface area contributed by atoms with Crippen LogP contribution in [0.3, 0.4) is 0 Å². The average molecular weight is 341 g/mol. The van der Waals surface area contributed by atoms with Crippen LogP contribution >= 0.6 is 11.6 Å². The Morgan fingerprint density at radius 2 is 1.91 bits per heavy atom. The van der Waals surface area contributed by atoms with E-state index in [1.165, 1.54) is 19.2 Å². The second-order valence-corrected chi connectivity index (χ2v) is 4.89. The highest BCUT2D eigenvalue weighted by atomic mass is 35.5. The Kier molecular flexibility index (Phi) is 5.23. The first kappa shape index (κ1) is 16.8. The number of hydrogen-bond donors (Lipinski definition) is 1. The normalized spacial score (nSPS) is 11.7. The van der Waals surface area contributed by atoms with E-state index in [2.05, 4.69) is 10.3 Å². The second-order valence-electron chi connectivity index (χ2n) is 4.54. The molecule has 0 fully saturated rings. The van der Waals surface area contributed by atoms with E-state index in [1.54, 1.807) is 6.07 Å². The molecular weight excluding hydrogens is 330 g/mol. The van der Waals surface area contributed by atoms with Crippen LogP contribution in [0, 0.1) is 11.6 Å². The molecule has 8 heteroatoms. The summed E-state index contributed by atoms with van der Waals surface area (Å²) in [6, 6.07) is 5.33. The van der Waals surface area contributed by atoms with E-state index in [4.69, 9.17) is 16.3 Å². The predicted octanol–water partition coefficient (Wildman–Crippen LogP) is 3.20. The van der Waals surface area contributed by atoms with Gasteiger partial charge in [0.15, 0.2) is 11.3 Å². The summed E-state index contributed by atoms with van der Waals surface area (Å²) in [6.45, 7) is 1.31. The quantitative estimate of drug-likeness (QED) is 0.685. The zero-order chi connectivity index (χ0) is 17.0. The largest absolute Gasteiger partial charge is 0.449 e. The molecule has 23 heavy (non-hydrogen) atoms. The van der Waals surface area contributed by atoms with Crippen molar-refractivity contribution in [3.8, 4) is 0 Å². The molecule has 120 valence electrons. The second kappa shape index (κ2) is 7.15. The number of anilines is 1. The van der Waals surface area contributed by atoms with Crippen molar-refractivity contribution in [1.82, 2.24) is 4.98 Å². The molecule has 0 spiro atoms. The first-order valence-electron chi connectivity index (χ1n) is 6.45. The topological polar surface area (TPSA) is 68.3 Å². The number of nitrogens with zero attached hydrogens (tertiary/aromatic N) is 1. The van der Waals surface area contributed by atoms with Crippen molar-refractivity contribution in [2.24, 2.45) is 0 Å². The molecule has 1 amide bonds. The van der Waals surface area contributed by atoms with Gasteiger partial charge in [-0.2, -0.15) is 0 Å². The molecule has 2 rings (SSSR count). The molecule has 0 aliphatic rings. The number of carbonyl (C=O) groups excluding carboxylic acids is 2. The van der Waals surface area contributed by atoms with Gasteiger partial charge in [0.25, 0.3) is 5.91 Å². The first-order chi connectivity index (χ1) is 10.9. The molecule has 0 saturated heterocycles. The third-order valence-corrected chi connectivity index (χ3v) is 3.07. The van der Waals surface area contributed by atoms with Crippen LogP contribution in [0.5, 0.6) is 0 Å². The van der Waals surface area contributed by atoms with Crippen LogP contribution in [0.15, 0.2) is 36.5 Å². The Bertz CT molecular complexity index is 735. The van der Waals surface area contributed by atoms with Crippen molar-refractivity contribution in [3.05, 3.63) is 58.9 Å². The van der Waals surface area contributed by atoms with Gasteiger partial charge in [-0.3, -0.25) is 4.79 Å². The molecule has 0 unspecified atom stereocenters. The molecule has 1 N–H and O–H groups in total. The molecule has 0 saturated carbocycles. The smallest absolute Gasteiger partial charge is 0.339 e. The van der Waals surface area contributed by atoms with Crippen molar-refractivity contribution in [1.29, 1.82) is 0 Å². The minimum Gasteiger partial charge on any atom is -0.449 e. The molecule has 1 atom stereocenters. The monoisotopic (exact) mass is 340 g/mol. The highest BCUT2D eigenvalue weighted by Crippen LogP contribution is 2.18. The van der Waals surface area contributed by atoms with Gasteiger partial charge in [0.05, 0.1) is 11.3 Å². The summed E-state index contributed by atoms with van der Waals surface area (Å²) >= 11 is 5.79. The third kappa shape index (κ3) is 4.46. The first-order valence-corrected chi connectivity index (χ1v) is 6.83. The van der Waals surface area contributed by atoms with Gasteiger partial charge in [-0.1, -0.05) is 11.6 Å². The fourth-order valence-electron chi connectivity index (χ4n) is 1.67. The van der Waals surface area contributed by atoms with E-state index >= 15 is 0 Å². The van der Waals surface area contributed by atoms with E-state index in [0.717, 1.165) is 12.1 Å². The third-order valence-electron chi connectivity index (χ3n) is 2.77. The Labute approximate surface area is 135 Å². The number of nitrogens with one attached hydrogen (secondary N) is 1. The maximum atomic E-state index is 13.1. The molecule has 0 bridgehead atoms. The molecule has 1 aromatic carbocycles. The molecule has 1 aromatic heterocycles. The maximum Gasteiger partial charge on any atom is 0.339 e. The van der Waals surface area contributed by atoms with Gasteiger partial charge in [-0.15, -0.1) is 0 Å². The van der Waals surface area contributed by atoms with Crippen LogP contribution in [0.1, 0.15) is 17.3 Å². The summed E-state index contributed by atoms with van der Waals surface area (Å²) in [5, 5.41) is 2.51. The lowest BCUT2D eigenvalue weighted by atomic mass is 10.2. The van der Waals surface area contributed by atoms with E-state index < -0.39 is 29.6 Å². The van der Waals surface area contributed by atoms with E-state index in [1.807, 2.05) is 0 Å². The van der Waals surface area contributed by atoms with Crippen molar-refractivity contribution < 1.29 is 23.1 Å². The summed E-state index contributed by atoms with van der Waals surface area (Å²) in [6.07, 6.45) is 0.241. The number of amides is 1. The summed E-state index contributed by atoms with van der Waals surface area (Å²) in [4.78, 5) is 27.5. The maximum absolute atomic E-state index is 13.1. The standard InChI is InChI=1S/C15H11ClF2N2O3/c1-8(14(21)20-12-3-2-4-19-13(12)16)23-15(22)9-5-10(17)7-11(18)6-9/h2-8H,1H3,(H,20,21)/t8-/m1/s1. The van der Waals surface area contributed by atoms with Crippen LogP contribution < -0.4 is 5.32 Å². The van der Waals surface area contributed by atoms with Gasteiger partial charge in [0, 0.05) is 12.3 Å². The summed E-state index contributed by atoms with van der Waals surface area (Å²) < 4.78 is 31.0. The van der Waals surface area contributed by atoms with Gasteiger partial charge in [-0.25, -0.2) is 18.6 Å². The minimum atomic E-state index is -1.20. The lowest BCUT2D eigenvalue weighted by Gasteiger charge is -2.14. The van der Waals surface area contributed by atoms with E-state index in [-0.39, 0.29) is 16.4 Å². The number of ether oxygens (including phenoxy) is 1. The van der Waals surface area contributed by atoms with Gasteiger partial charge < -0.3 is 10.1 Å². The molecular formula is C15H11ClF2N2O3. The summed E-state index contributed by atoms with van der Waals surface area (Å²) in [5.74, 6) is -3.53. The Balaban J connectivity index is 2.03. The Morgan fingerprint density at radius 3 is 2.52 bits per heavy atom. The van der Waals surface area contributed by atoms with Crippen LogP contribution in [0.4, 0.5) is 14.5 Å². The average Bonchev–Trinajstić information content (AvgIpc) is 2.48. The number of pyridine rings is 1. The Morgan fingerprint density at radius 1 is 1.26 bits per heavy atom. The van der Waals surface area contributed by atoms with Crippen LogP contribution in [0.2, 0.25) is 5.15 Å². The van der Waals surface area contributed by atoms with Crippen LogP contribution in [-0.2, 0) is 9.53 Å². The zero-order valence-electron chi connectivity index (χ0n) is 11.8. The van der Waals surface area contributed by atoms with Crippen molar-refractivity contribution >= 4 is 29.2 Å². The predicted molar refractivity (Wildman–Crippen MR) is 79.1 cm³/mol. The summed E-state index contributed by atoms with van der Waals surface area (Å²) in [7, 11) is 0. The van der Waals surface area contributed by atoms with Gasteiger partial charge >= 0.3 is 5.97 Å².